The number of rotatable bonds is 6. The molecule has 1 fully saturated rings. The van der Waals surface area contributed by atoms with E-state index in [2.05, 4.69) is 0 Å². The largest absolute Gasteiger partial charge is 0.264 e. The molecule has 0 spiro atoms. The van der Waals surface area contributed by atoms with Crippen LogP contribution in [0.5, 0.6) is 0 Å². The quantitative estimate of drug-likeness (QED) is 0.713. The predicted octanol–water partition coefficient (Wildman–Crippen LogP) is 1.77. The molecule has 2 aromatic rings. The van der Waals surface area contributed by atoms with Crippen LogP contribution in [0.2, 0.25) is 0 Å². The molecule has 0 amide bonds. The number of hydrogen-bond acceptors (Lipinski definition) is 5. The average molecular weight is 381 g/mol. The van der Waals surface area contributed by atoms with E-state index in [1.807, 2.05) is 12.1 Å². The van der Waals surface area contributed by atoms with E-state index in [0.717, 1.165) is 6.26 Å². The second kappa shape index (κ2) is 6.87. The van der Waals surface area contributed by atoms with Gasteiger partial charge in [-0.1, -0.05) is 60.7 Å². The molecule has 1 aliphatic heterocycles. The van der Waals surface area contributed by atoms with Gasteiger partial charge in [0, 0.05) is 13.1 Å². The highest BCUT2D eigenvalue weighted by Crippen LogP contribution is 2.35. The van der Waals surface area contributed by atoms with Gasteiger partial charge in [0.2, 0.25) is 10.0 Å². The molecule has 134 valence electrons. The lowest BCUT2D eigenvalue weighted by atomic mass is 10.0. The summed E-state index contributed by atoms with van der Waals surface area (Å²) in [4.78, 5) is 0. The van der Waals surface area contributed by atoms with Gasteiger partial charge in [-0.15, -0.1) is 0 Å². The Morgan fingerprint density at radius 2 is 1.32 bits per heavy atom. The Hall–Kier alpha value is -1.74. The van der Waals surface area contributed by atoms with E-state index in [1.165, 1.54) is 4.31 Å². The third-order valence-corrected chi connectivity index (χ3v) is 6.77. The van der Waals surface area contributed by atoms with E-state index in [0.29, 0.717) is 11.1 Å². The van der Waals surface area contributed by atoms with Crippen molar-refractivity contribution in [1.82, 2.24) is 4.31 Å². The Balaban J connectivity index is 1.89. The van der Waals surface area contributed by atoms with Gasteiger partial charge in [-0.2, -0.15) is 12.7 Å². The Bertz CT molecular complexity index is 882. The standard InChI is InChI=1S/C17H19NO5S2/c1-24(19,20)23-16-12-18(13-16)25(21,22)17(14-8-4-2-5-9-14)15-10-6-3-7-11-15/h2-11,16-17H,12-13H2,1H3. The van der Waals surface area contributed by atoms with Gasteiger partial charge in [-0.3, -0.25) is 4.18 Å². The predicted molar refractivity (Wildman–Crippen MR) is 94.9 cm³/mol. The van der Waals surface area contributed by atoms with Crippen LogP contribution in [0.25, 0.3) is 0 Å². The molecule has 0 bridgehead atoms. The highest BCUT2D eigenvalue weighted by molar-refractivity contribution is 7.89. The third-order valence-electron chi connectivity index (χ3n) is 3.99. The zero-order chi connectivity index (χ0) is 18.1. The normalized spacial score (nSPS) is 16.7. The molecule has 0 unspecified atom stereocenters. The van der Waals surface area contributed by atoms with E-state index < -0.39 is 31.5 Å². The van der Waals surface area contributed by atoms with Gasteiger partial charge in [-0.05, 0) is 11.1 Å². The van der Waals surface area contributed by atoms with E-state index in [9.17, 15) is 16.8 Å². The van der Waals surface area contributed by atoms with Gasteiger partial charge in [0.25, 0.3) is 10.1 Å². The Morgan fingerprint density at radius 1 is 0.880 bits per heavy atom. The SMILES string of the molecule is CS(=O)(=O)OC1CN(S(=O)(=O)C(c2ccccc2)c2ccccc2)C1. The van der Waals surface area contributed by atoms with Crippen LogP contribution in [0.1, 0.15) is 16.4 Å². The van der Waals surface area contributed by atoms with Crippen LogP contribution in [0.4, 0.5) is 0 Å². The van der Waals surface area contributed by atoms with Crippen molar-refractivity contribution in [3.05, 3.63) is 71.8 Å². The maximum Gasteiger partial charge on any atom is 0.264 e. The lowest BCUT2D eigenvalue weighted by Crippen LogP contribution is -2.56. The molecule has 3 rings (SSSR count). The number of sulfonamides is 1. The smallest absolute Gasteiger partial charge is 0.264 e. The molecule has 1 saturated heterocycles. The first kappa shape index (κ1) is 18.1. The third kappa shape index (κ3) is 4.09. The van der Waals surface area contributed by atoms with Gasteiger partial charge in [0.15, 0.2) is 0 Å². The van der Waals surface area contributed by atoms with E-state index in [1.54, 1.807) is 48.5 Å². The van der Waals surface area contributed by atoms with Crippen molar-refractivity contribution >= 4 is 20.1 Å². The number of nitrogens with zero attached hydrogens (tertiary/aromatic N) is 1. The fourth-order valence-corrected chi connectivity index (χ4v) is 5.52. The maximum absolute atomic E-state index is 13.1. The molecule has 0 N–H and O–H groups in total. The minimum atomic E-state index is -3.70. The zero-order valence-electron chi connectivity index (χ0n) is 13.6. The van der Waals surface area contributed by atoms with Crippen LogP contribution in [-0.4, -0.2) is 46.6 Å². The minimum Gasteiger partial charge on any atom is -0.264 e. The summed E-state index contributed by atoms with van der Waals surface area (Å²) in [5.74, 6) is 0. The van der Waals surface area contributed by atoms with E-state index in [-0.39, 0.29) is 13.1 Å². The van der Waals surface area contributed by atoms with Crippen molar-refractivity contribution < 1.29 is 21.0 Å². The Morgan fingerprint density at radius 3 is 1.72 bits per heavy atom. The molecule has 2 aromatic carbocycles. The molecular weight excluding hydrogens is 362 g/mol. The van der Waals surface area contributed by atoms with Crippen LogP contribution < -0.4 is 0 Å². The van der Waals surface area contributed by atoms with Crippen LogP contribution >= 0.6 is 0 Å². The molecule has 0 saturated carbocycles. The van der Waals surface area contributed by atoms with Crippen LogP contribution in [0.15, 0.2) is 60.7 Å². The lowest BCUT2D eigenvalue weighted by molar-refractivity contribution is 0.0824. The topological polar surface area (TPSA) is 80.8 Å². The molecule has 0 atom stereocenters. The van der Waals surface area contributed by atoms with E-state index >= 15 is 0 Å². The highest BCUT2D eigenvalue weighted by Gasteiger charge is 2.43. The summed E-state index contributed by atoms with van der Waals surface area (Å²) in [5, 5.41) is -0.839. The molecule has 1 aliphatic rings. The van der Waals surface area contributed by atoms with Crippen molar-refractivity contribution in [1.29, 1.82) is 0 Å². The monoisotopic (exact) mass is 381 g/mol. The van der Waals surface area contributed by atoms with Crippen molar-refractivity contribution in [2.24, 2.45) is 0 Å². The molecule has 0 radical (unpaired) electrons. The van der Waals surface area contributed by atoms with Gasteiger partial charge in [0.05, 0.1) is 6.26 Å². The fraction of sp³-hybridized carbons (Fsp3) is 0.294. The maximum atomic E-state index is 13.1. The summed E-state index contributed by atoms with van der Waals surface area (Å²) in [5.41, 5.74) is 1.34. The molecular formula is C17H19NO5S2. The number of hydrogen-bond donors (Lipinski definition) is 0. The van der Waals surface area contributed by atoms with Gasteiger partial charge < -0.3 is 0 Å². The second-order valence-corrected chi connectivity index (χ2v) is 9.60. The van der Waals surface area contributed by atoms with Crippen molar-refractivity contribution in [2.75, 3.05) is 19.3 Å². The minimum absolute atomic E-state index is 0.0333. The van der Waals surface area contributed by atoms with Gasteiger partial charge >= 0.3 is 0 Å². The zero-order valence-corrected chi connectivity index (χ0v) is 15.3. The summed E-state index contributed by atoms with van der Waals surface area (Å²) < 4.78 is 54.8. The average Bonchev–Trinajstić information content (AvgIpc) is 2.51. The molecule has 6 nitrogen and oxygen atoms in total. The van der Waals surface area contributed by atoms with Crippen LogP contribution in [-0.2, 0) is 24.3 Å². The fourth-order valence-electron chi connectivity index (χ4n) is 2.86. The summed E-state index contributed by atoms with van der Waals surface area (Å²) in [6, 6.07) is 18.0. The van der Waals surface area contributed by atoms with Crippen molar-refractivity contribution in [3.63, 3.8) is 0 Å². The summed E-state index contributed by atoms with van der Waals surface area (Å²) in [6.45, 7) is 0.0666. The lowest BCUT2D eigenvalue weighted by Gasteiger charge is -2.39. The molecule has 8 heteroatoms. The Labute approximate surface area is 148 Å². The summed E-state index contributed by atoms with van der Waals surface area (Å²) in [6.07, 6.45) is 0.331. The second-order valence-electron chi connectivity index (χ2n) is 5.99. The highest BCUT2D eigenvalue weighted by atomic mass is 32.2. The summed E-state index contributed by atoms with van der Waals surface area (Å²) in [7, 11) is -7.30. The molecule has 25 heavy (non-hydrogen) atoms. The van der Waals surface area contributed by atoms with Crippen LogP contribution in [0.3, 0.4) is 0 Å². The molecule has 0 aliphatic carbocycles. The van der Waals surface area contributed by atoms with Crippen molar-refractivity contribution in [2.45, 2.75) is 11.4 Å². The first-order valence-electron chi connectivity index (χ1n) is 7.74. The van der Waals surface area contributed by atoms with E-state index in [4.69, 9.17) is 4.18 Å². The van der Waals surface area contributed by atoms with Gasteiger partial charge in [-0.25, -0.2) is 8.42 Å². The van der Waals surface area contributed by atoms with Crippen molar-refractivity contribution in [3.8, 4) is 0 Å². The number of benzene rings is 2. The first-order valence-corrected chi connectivity index (χ1v) is 11.1. The summed E-state index contributed by atoms with van der Waals surface area (Å²) >= 11 is 0. The Kier molecular flexibility index (Phi) is 4.97. The first-order chi connectivity index (χ1) is 11.8. The molecule has 1 heterocycles. The molecule has 0 aromatic heterocycles. The van der Waals surface area contributed by atoms with Gasteiger partial charge in [0.1, 0.15) is 11.4 Å². The van der Waals surface area contributed by atoms with Crippen LogP contribution in [0, 0.1) is 0 Å².